The maximum atomic E-state index is 13.2. The van der Waals surface area contributed by atoms with E-state index in [4.69, 9.17) is 4.42 Å². The van der Waals surface area contributed by atoms with Crippen molar-refractivity contribution in [3.8, 4) is 11.3 Å². The van der Waals surface area contributed by atoms with Gasteiger partial charge in [-0.1, -0.05) is 12.1 Å². The molecular formula is C17H10FNO. The second-order valence-electron chi connectivity index (χ2n) is 4.67. The lowest BCUT2D eigenvalue weighted by atomic mass is 10.1. The zero-order valence-corrected chi connectivity index (χ0v) is 10.5. The van der Waals surface area contributed by atoms with Crippen LogP contribution in [0, 0.1) is 5.82 Å². The van der Waals surface area contributed by atoms with Crippen molar-refractivity contribution < 1.29 is 8.81 Å². The van der Waals surface area contributed by atoms with Crippen LogP contribution in [0.2, 0.25) is 0 Å². The highest BCUT2D eigenvalue weighted by Gasteiger charge is 2.09. The molecule has 0 atom stereocenters. The average Bonchev–Trinajstić information content (AvgIpc) is 2.84. The van der Waals surface area contributed by atoms with Crippen molar-refractivity contribution in [2.24, 2.45) is 0 Å². The second-order valence-corrected chi connectivity index (χ2v) is 4.67. The molecule has 3 heteroatoms. The molecule has 0 aliphatic carbocycles. The third kappa shape index (κ3) is 1.67. The fourth-order valence-corrected chi connectivity index (χ4v) is 2.44. The Morgan fingerprint density at radius 1 is 0.850 bits per heavy atom. The molecule has 0 saturated heterocycles. The van der Waals surface area contributed by atoms with Crippen molar-refractivity contribution in [3.63, 3.8) is 0 Å². The Morgan fingerprint density at radius 2 is 1.65 bits per heavy atom. The van der Waals surface area contributed by atoms with E-state index in [9.17, 15) is 4.39 Å². The number of halogens is 1. The second kappa shape index (κ2) is 4.17. The van der Waals surface area contributed by atoms with Crippen LogP contribution in [0.1, 0.15) is 0 Å². The highest BCUT2D eigenvalue weighted by molar-refractivity contribution is 6.05. The van der Waals surface area contributed by atoms with Gasteiger partial charge in [-0.2, -0.15) is 0 Å². The molecule has 0 saturated carbocycles. The van der Waals surface area contributed by atoms with Crippen molar-refractivity contribution in [1.82, 2.24) is 4.98 Å². The topological polar surface area (TPSA) is 26.0 Å². The summed E-state index contributed by atoms with van der Waals surface area (Å²) in [6.07, 6.45) is 1.76. The lowest BCUT2D eigenvalue weighted by Gasteiger charge is -1.99. The number of aromatic nitrogens is 1. The van der Waals surface area contributed by atoms with E-state index in [0.29, 0.717) is 5.58 Å². The summed E-state index contributed by atoms with van der Waals surface area (Å²) in [7, 11) is 0. The molecule has 0 bridgehead atoms. The molecule has 96 valence electrons. The Kier molecular flexibility index (Phi) is 2.33. The average molecular weight is 263 g/mol. The summed E-state index contributed by atoms with van der Waals surface area (Å²) >= 11 is 0. The van der Waals surface area contributed by atoms with Gasteiger partial charge in [0.1, 0.15) is 17.0 Å². The molecule has 4 rings (SSSR count). The third-order valence-corrected chi connectivity index (χ3v) is 3.40. The lowest BCUT2D eigenvalue weighted by molar-refractivity contribution is 0.618. The first-order valence-electron chi connectivity index (χ1n) is 6.34. The first-order valence-corrected chi connectivity index (χ1v) is 6.34. The van der Waals surface area contributed by atoms with Gasteiger partial charge < -0.3 is 4.42 Å². The fourth-order valence-electron chi connectivity index (χ4n) is 2.44. The van der Waals surface area contributed by atoms with Gasteiger partial charge in [0.2, 0.25) is 0 Å². The molecule has 0 amide bonds. The highest BCUT2D eigenvalue weighted by Crippen LogP contribution is 2.31. The van der Waals surface area contributed by atoms with Crippen molar-refractivity contribution in [3.05, 3.63) is 66.6 Å². The molecule has 0 aliphatic heterocycles. The van der Waals surface area contributed by atoms with E-state index in [1.165, 1.54) is 12.1 Å². The van der Waals surface area contributed by atoms with E-state index in [1.54, 1.807) is 12.3 Å². The Bertz CT molecular complexity index is 912. The number of hydrogen-bond acceptors (Lipinski definition) is 2. The summed E-state index contributed by atoms with van der Waals surface area (Å²) in [5.41, 5.74) is 3.19. The Labute approximate surface area is 114 Å². The maximum absolute atomic E-state index is 13.2. The zero-order chi connectivity index (χ0) is 13.5. The normalized spacial score (nSPS) is 11.2. The number of benzene rings is 2. The Hall–Kier alpha value is -2.68. The molecule has 2 heterocycles. The van der Waals surface area contributed by atoms with Crippen LogP contribution in [-0.4, -0.2) is 4.98 Å². The molecular weight excluding hydrogens is 253 g/mol. The quantitative estimate of drug-likeness (QED) is 0.493. The minimum atomic E-state index is -0.290. The number of furan rings is 1. The highest BCUT2D eigenvalue weighted by atomic mass is 19.1. The van der Waals surface area contributed by atoms with E-state index in [1.807, 2.05) is 36.4 Å². The van der Waals surface area contributed by atoms with Gasteiger partial charge in [-0.25, -0.2) is 4.39 Å². The van der Waals surface area contributed by atoms with Crippen LogP contribution >= 0.6 is 0 Å². The smallest absolute Gasteiger partial charge is 0.138 e. The summed E-state index contributed by atoms with van der Waals surface area (Å²) in [6.45, 7) is 0. The molecule has 0 N–H and O–H groups in total. The van der Waals surface area contributed by atoms with E-state index in [2.05, 4.69) is 4.98 Å². The molecule has 0 fully saturated rings. The maximum Gasteiger partial charge on any atom is 0.138 e. The van der Waals surface area contributed by atoms with Gasteiger partial charge in [0.25, 0.3) is 0 Å². The molecule has 0 unspecified atom stereocenters. The summed E-state index contributed by atoms with van der Waals surface area (Å²) in [5, 5.41) is 1.91. The van der Waals surface area contributed by atoms with E-state index in [0.717, 1.165) is 27.6 Å². The van der Waals surface area contributed by atoms with Crippen LogP contribution in [0.4, 0.5) is 4.39 Å². The fraction of sp³-hybridized carbons (Fsp3) is 0. The van der Waals surface area contributed by atoms with Gasteiger partial charge in [-0.05, 0) is 36.4 Å². The molecule has 0 radical (unpaired) electrons. The number of rotatable bonds is 1. The van der Waals surface area contributed by atoms with Crippen LogP contribution < -0.4 is 0 Å². The third-order valence-electron chi connectivity index (χ3n) is 3.40. The first-order chi connectivity index (χ1) is 9.81. The van der Waals surface area contributed by atoms with Crippen LogP contribution in [-0.2, 0) is 0 Å². The molecule has 2 nitrogen and oxygen atoms in total. The Balaban J connectivity index is 1.98. The molecule has 2 aromatic heterocycles. The van der Waals surface area contributed by atoms with E-state index in [-0.39, 0.29) is 5.82 Å². The van der Waals surface area contributed by atoms with Gasteiger partial charge in [-0.15, -0.1) is 0 Å². The van der Waals surface area contributed by atoms with Crippen molar-refractivity contribution in [2.75, 3.05) is 0 Å². The SMILES string of the molecule is Fc1ccc2c(c1)oc1cc(-c3ccccn3)ccc12. The molecule has 2 aromatic carbocycles. The largest absolute Gasteiger partial charge is 0.456 e. The number of fused-ring (bicyclic) bond motifs is 3. The summed E-state index contributed by atoms with van der Waals surface area (Å²) < 4.78 is 19.0. The van der Waals surface area contributed by atoms with Crippen molar-refractivity contribution in [2.45, 2.75) is 0 Å². The van der Waals surface area contributed by atoms with Crippen LogP contribution in [0.5, 0.6) is 0 Å². The van der Waals surface area contributed by atoms with Gasteiger partial charge >= 0.3 is 0 Å². The Morgan fingerprint density at radius 3 is 2.45 bits per heavy atom. The summed E-state index contributed by atoms with van der Waals surface area (Å²) in [5.74, 6) is -0.290. The van der Waals surface area contributed by atoms with Crippen LogP contribution in [0.15, 0.2) is 65.2 Å². The van der Waals surface area contributed by atoms with Crippen LogP contribution in [0.25, 0.3) is 33.2 Å². The molecule has 20 heavy (non-hydrogen) atoms. The number of nitrogens with zero attached hydrogens (tertiary/aromatic N) is 1. The monoisotopic (exact) mass is 263 g/mol. The van der Waals surface area contributed by atoms with Gasteiger partial charge in [0, 0.05) is 28.6 Å². The van der Waals surface area contributed by atoms with Gasteiger partial charge in [0.05, 0.1) is 5.69 Å². The van der Waals surface area contributed by atoms with Gasteiger partial charge in [-0.3, -0.25) is 4.98 Å². The molecule has 4 aromatic rings. The van der Waals surface area contributed by atoms with Crippen LogP contribution in [0.3, 0.4) is 0 Å². The number of pyridine rings is 1. The summed E-state index contributed by atoms with van der Waals surface area (Å²) in [6, 6.07) is 16.3. The van der Waals surface area contributed by atoms with Gasteiger partial charge in [0.15, 0.2) is 0 Å². The minimum Gasteiger partial charge on any atom is -0.456 e. The predicted molar refractivity (Wildman–Crippen MR) is 76.9 cm³/mol. The molecule has 0 aliphatic rings. The number of hydrogen-bond donors (Lipinski definition) is 0. The van der Waals surface area contributed by atoms with E-state index < -0.39 is 0 Å². The van der Waals surface area contributed by atoms with Crippen molar-refractivity contribution in [1.29, 1.82) is 0 Å². The lowest BCUT2D eigenvalue weighted by Crippen LogP contribution is -1.80. The summed E-state index contributed by atoms with van der Waals surface area (Å²) in [4.78, 5) is 4.32. The molecule has 0 spiro atoms. The standard InChI is InChI=1S/C17H10FNO/c18-12-5-7-14-13-6-4-11(15-3-1-2-8-19-15)9-16(13)20-17(14)10-12/h1-10H. The zero-order valence-electron chi connectivity index (χ0n) is 10.5. The van der Waals surface area contributed by atoms with Crippen molar-refractivity contribution >= 4 is 21.9 Å². The first kappa shape index (κ1) is 11.2. The minimum absolute atomic E-state index is 0.290. The predicted octanol–water partition coefficient (Wildman–Crippen LogP) is 4.79. The van der Waals surface area contributed by atoms with E-state index >= 15 is 0 Å².